The van der Waals surface area contributed by atoms with Crippen molar-refractivity contribution in [2.24, 2.45) is 0 Å². The minimum atomic E-state index is -5.12. The summed E-state index contributed by atoms with van der Waals surface area (Å²) in [6, 6.07) is 4.98. The van der Waals surface area contributed by atoms with Gasteiger partial charge in [0.1, 0.15) is 5.75 Å². The van der Waals surface area contributed by atoms with Gasteiger partial charge in [0.05, 0.1) is 11.1 Å². The van der Waals surface area contributed by atoms with Gasteiger partial charge in [0, 0.05) is 0 Å². The number of hydrogen-bond donors (Lipinski definition) is 0. The smallest absolute Gasteiger partial charge is 0.386 e. The van der Waals surface area contributed by atoms with Crippen LogP contribution in [0.25, 0.3) is 5.57 Å². The molecule has 2 rings (SSSR count). The molecular weight excluding hydrogens is 315 g/mol. The zero-order valence-electron chi connectivity index (χ0n) is 11.4. The van der Waals surface area contributed by atoms with Crippen LogP contribution >= 0.6 is 0 Å². The maximum atomic E-state index is 12.4. The lowest BCUT2D eigenvalue weighted by Crippen LogP contribution is -2.02. The molecule has 0 unspecified atom stereocenters. The molecule has 1 aromatic carbocycles. The first-order valence-electron chi connectivity index (χ1n) is 6.23. The first-order chi connectivity index (χ1) is 10.3. The lowest BCUT2D eigenvalue weighted by atomic mass is 10.0. The molecule has 0 bridgehead atoms. The van der Waals surface area contributed by atoms with Crippen LogP contribution in [-0.4, -0.2) is 20.4 Å². The summed E-state index contributed by atoms with van der Waals surface area (Å²) in [7, 11) is -5.12. The van der Waals surface area contributed by atoms with Crippen LogP contribution < -0.4 is 4.18 Å². The van der Waals surface area contributed by atoms with Crippen molar-refractivity contribution in [1.29, 1.82) is 0 Å². The zero-order valence-corrected chi connectivity index (χ0v) is 12.2. The molecular formula is C14H11FO6S. The summed E-state index contributed by atoms with van der Waals surface area (Å²) in [6.07, 6.45) is 3.85. The largest absolute Gasteiger partial charge is 0.488 e. The Hall–Kier alpha value is -2.48. The van der Waals surface area contributed by atoms with Gasteiger partial charge in [0.25, 0.3) is 0 Å². The Morgan fingerprint density at radius 3 is 2.36 bits per heavy atom. The Morgan fingerprint density at radius 1 is 1.18 bits per heavy atom. The zero-order chi connectivity index (χ0) is 16.3. The maximum Gasteiger partial charge on any atom is 0.488 e. The number of ether oxygens (including phenoxy) is 1. The van der Waals surface area contributed by atoms with Gasteiger partial charge >= 0.3 is 22.4 Å². The Balaban J connectivity index is 2.40. The number of rotatable bonds is 5. The van der Waals surface area contributed by atoms with Crippen molar-refractivity contribution in [3.8, 4) is 5.75 Å². The molecule has 1 aliphatic rings. The average molecular weight is 326 g/mol. The summed E-state index contributed by atoms with van der Waals surface area (Å²) in [5.41, 5.74) is 0.498. The summed E-state index contributed by atoms with van der Waals surface area (Å²) < 4.78 is 41.8. The molecule has 0 atom stereocenters. The second kappa shape index (κ2) is 6.10. The van der Waals surface area contributed by atoms with E-state index in [2.05, 4.69) is 8.92 Å². The lowest BCUT2D eigenvalue weighted by molar-refractivity contribution is -0.150. The third-order valence-corrected chi connectivity index (χ3v) is 3.13. The number of carbonyl (C=O) groups is 2. The number of allylic oxidation sites excluding steroid dienone is 1. The molecule has 8 heteroatoms. The van der Waals surface area contributed by atoms with E-state index in [-0.39, 0.29) is 16.9 Å². The lowest BCUT2D eigenvalue weighted by Gasteiger charge is -2.03. The molecule has 0 aromatic heterocycles. The number of halogens is 1. The Bertz CT molecular complexity index is 774. The van der Waals surface area contributed by atoms with Gasteiger partial charge in [0.2, 0.25) is 0 Å². The third kappa shape index (κ3) is 3.59. The molecule has 1 aliphatic heterocycles. The van der Waals surface area contributed by atoms with Gasteiger partial charge in [0.15, 0.2) is 0 Å². The summed E-state index contributed by atoms with van der Waals surface area (Å²) in [5.74, 6) is -1.81. The van der Waals surface area contributed by atoms with Crippen LogP contribution in [0.4, 0.5) is 3.89 Å². The maximum absolute atomic E-state index is 12.4. The molecule has 0 saturated carbocycles. The van der Waals surface area contributed by atoms with Crippen molar-refractivity contribution >= 4 is 28.0 Å². The highest BCUT2D eigenvalue weighted by atomic mass is 32.3. The number of cyclic esters (lactones) is 2. The second-order valence-electron chi connectivity index (χ2n) is 4.28. The highest BCUT2D eigenvalue weighted by Crippen LogP contribution is 2.29. The highest BCUT2D eigenvalue weighted by molar-refractivity contribution is 7.81. The van der Waals surface area contributed by atoms with Crippen molar-refractivity contribution in [2.75, 3.05) is 0 Å². The molecule has 0 amide bonds. The third-order valence-electron chi connectivity index (χ3n) is 2.74. The van der Waals surface area contributed by atoms with Crippen LogP contribution in [0.15, 0.2) is 42.0 Å². The van der Waals surface area contributed by atoms with E-state index >= 15 is 0 Å². The van der Waals surface area contributed by atoms with Crippen molar-refractivity contribution in [1.82, 2.24) is 0 Å². The summed E-state index contributed by atoms with van der Waals surface area (Å²) in [5, 5.41) is 0. The van der Waals surface area contributed by atoms with Gasteiger partial charge in [-0.15, -0.1) is 0 Å². The Morgan fingerprint density at radius 2 is 1.82 bits per heavy atom. The van der Waals surface area contributed by atoms with Crippen LogP contribution in [0, 0.1) is 0 Å². The van der Waals surface area contributed by atoms with Crippen LogP contribution in [0.5, 0.6) is 5.75 Å². The van der Waals surface area contributed by atoms with E-state index in [1.807, 2.05) is 6.92 Å². The van der Waals surface area contributed by atoms with Crippen molar-refractivity contribution in [3.63, 3.8) is 0 Å². The first kappa shape index (κ1) is 15.9. The minimum absolute atomic E-state index is 0.0596. The standard InChI is InChI=1S/C14H11FO6S/c1-2-3-4-11-12(14(17)20-13(11)16)9-5-7-10(8-6-9)21-22(15,18)19/h3-8H,2H2,1H3/b4-3+. The molecule has 22 heavy (non-hydrogen) atoms. The number of esters is 2. The summed E-state index contributed by atoms with van der Waals surface area (Å²) >= 11 is 0. The van der Waals surface area contributed by atoms with Crippen molar-refractivity contribution < 1.29 is 30.8 Å². The van der Waals surface area contributed by atoms with Gasteiger partial charge in [-0.25, -0.2) is 9.59 Å². The highest BCUT2D eigenvalue weighted by Gasteiger charge is 2.32. The fraction of sp³-hybridized carbons (Fsp3) is 0.143. The summed E-state index contributed by atoms with van der Waals surface area (Å²) in [4.78, 5) is 23.4. The van der Waals surface area contributed by atoms with Gasteiger partial charge in [-0.2, -0.15) is 8.42 Å². The molecule has 0 aliphatic carbocycles. The Kier molecular flexibility index (Phi) is 4.41. The first-order valence-corrected chi connectivity index (χ1v) is 7.54. The Labute approximate surface area is 126 Å². The molecule has 0 spiro atoms. The topological polar surface area (TPSA) is 86.7 Å². The quantitative estimate of drug-likeness (QED) is 0.468. The monoisotopic (exact) mass is 326 g/mol. The molecule has 116 valence electrons. The van der Waals surface area contributed by atoms with Gasteiger partial charge in [-0.3, -0.25) is 0 Å². The van der Waals surface area contributed by atoms with E-state index in [0.29, 0.717) is 12.0 Å². The molecule has 1 aromatic rings. The van der Waals surface area contributed by atoms with Crippen LogP contribution in [0.3, 0.4) is 0 Å². The number of benzene rings is 1. The fourth-order valence-corrected chi connectivity index (χ4v) is 2.20. The number of hydrogen-bond acceptors (Lipinski definition) is 6. The molecule has 0 radical (unpaired) electrons. The molecule has 6 nitrogen and oxygen atoms in total. The fourth-order valence-electron chi connectivity index (χ4n) is 1.85. The predicted octanol–water partition coefficient (Wildman–Crippen LogP) is 2.08. The van der Waals surface area contributed by atoms with Crippen LogP contribution in [-0.2, 0) is 24.8 Å². The van der Waals surface area contributed by atoms with E-state index < -0.39 is 22.4 Å². The van der Waals surface area contributed by atoms with Crippen LogP contribution in [0.2, 0.25) is 0 Å². The molecule has 0 saturated heterocycles. The van der Waals surface area contributed by atoms with E-state index in [4.69, 9.17) is 0 Å². The van der Waals surface area contributed by atoms with Crippen molar-refractivity contribution in [2.45, 2.75) is 13.3 Å². The molecule has 0 N–H and O–H groups in total. The predicted molar refractivity (Wildman–Crippen MR) is 74.5 cm³/mol. The SMILES string of the molecule is CC/C=C/C1=C(c2ccc(OS(=O)(=O)F)cc2)C(=O)OC1=O. The van der Waals surface area contributed by atoms with E-state index in [0.717, 1.165) is 12.1 Å². The normalized spacial score (nSPS) is 15.5. The average Bonchev–Trinajstić information content (AvgIpc) is 2.70. The van der Waals surface area contributed by atoms with Gasteiger partial charge < -0.3 is 8.92 Å². The molecule has 1 heterocycles. The number of carbonyl (C=O) groups excluding carboxylic acids is 2. The second-order valence-corrected chi connectivity index (χ2v) is 5.23. The van der Waals surface area contributed by atoms with E-state index in [9.17, 15) is 21.9 Å². The van der Waals surface area contributed by atoms with Gasteiger partial charge in [-0.05, 0) is 24.1 Å². The van der Waals surface area contributed by atoms with Gasteiger partial charge in [-0.1, -0.05) is 35.1 Å². The van der Waals surface area contributed by atoms with E-state index in [1.54, 1.807) is 6.08 Å². The van der Waals surface area contributed by atoms with Crippen molar-refractivity contribution in [3.05, 3.63) is 47.6 Å². The minimum Gasteiger partial charge on any atom is -0.386 e. The molecule has 0 fully saturated rings. The summed E-state index contributed by atoms with van der Waals surface area (Å²) in [6.45, 7) is 1.86. The van der Waals surface area contributed by atoms with E-state index in [1.165, 1.54) is 18.2 Å². The van der Waals surface area contributed by atoms with Crippen LogP contribution in [0.1, 0.15) is 18.9 Å².